The molecule has 1 saturated heterocycles. The molecule has 3 rings (SSSR count). The average molecular weight is 326 g/mol. The lowest BCUT2D eigenvalue weighted by atomic mass is 9.91. The number of hydrogen-bond donors (Lipinski definition) is 1. The molecule has 130 valence electrons. The molecule has 3 nitrogen and oxygen atoms in total. The van der Waals surface area contributed by atoms with Gasteiger partial charge in [0.1, 0.15) is 0 Å². The number of benzene rings is 1. The molecule has 1 amide bonds. The van der Waals surface area contributed by atoms with E-state index in [1.165, 1.54) is 31.4 Å². The summed E-state index contributed by atoms with van der Waals surface area (Å²) >= 11 is 0. The van der Waals surface area contributed by atoms with E-state index in [0.717, 1.165) is 44.8 Å². The molecular formula is C21H30N2O. The molecule has 1 N–H and O–H groups in total. The van der Waals surface area contributed by atoms with Crippen LogP contribution in [0.4, 0.5) is 0 Å². The van der Waals surface area contributed by atoms with Crippen LogP contribution in [-0.2, 0) is 11.2 Å². The third kappa shape index (κ3) is 5.20. The van der Waals surface area contributed by atoms with Gasteiger partial charge in [-0.3, -0.25) is 4.79 Å². The van der Waals surface area contributed by atoms with Gasteiger partial charge in [0, 0.05) is 19.0 Å². The second-order valence-electron chi connectivity index (χ2n) is 7.25. The van der Waals surface area contributed by atoms with E-state index in [9.17, 15) is 4.79 Å². The van der Waals surface area contributed by atoms with E-state index in [2.05, 4.69) is 46.6 Å². The highest BCUT2D eigenvalue weighted by Gasteiger charge is 2.26. The monoisotopic (exact) mass is 326 g/mol. The number of nitrogens with zero attached hydrogens (tertiary/aromatic N) is 1. The smallest absolute Gasteiger partial charge is 0.223 e. The first kappa shape index (κ1) is 17.2. The third-order valence-corrected chi connectivity index (χ3v) is 5.41. The normalized spacial score (nSPS) is 22.4. The van der Waals surface area contributed by atoms with Crippen molar-refractivity contribution in [3.63, 3.8) is 0 Å². The van der Waals surface area contributed by atoms with Gasteiger partial charge in [-0.15, -0.1) is 0 Å². The van der Waals surface area contributed by atoms with Crippen molar-refractivity contribution in [2.24, 2.45) is 11.8 Å². The van der Waals surface area contributed by atoms with Gasteiger partial charge in [0.2, 0.25) is 5.91 Å². The summed E-state index contributed by atoms with van der Waals surface area (Å²) in [4.78, 5) is 14.9. The Morgan fingerprint density at radius 1 is 1.08 bits per heavy atom. The Balaban J connectivity index is 1.33. The lowest BCUT2D eigenvalue weighted by Gasteiger charge is -2.34. The zero-order valence-electron chi connectivity index (χ0n) is 14.6. The van der Waals surface area contributed by atoms with Crippen molar-refractivity contribution in [3.8, 4) is 0 Å². The Kier molecular flexibility index (Phi) is 6.48. The fourth-order valence-electron chi connectivity index (χ4n) is 3.88. The number of rotatable bonds is 6. The molecule has 24 heavy (non-hydrogen) atoms. The summed E-state index contributed by atoms with van der Waals surface area (Å²) in [6.45, 7) is 4.12. The topological polar surface area (TPSA) is 32.3 Å². The standard InChI is InChI=1S/C21H30N2O/c24-21(22-14-11-18-7-3-1-4-8-18)20-12-15-23(16-13-20)17-19-9-5-2-6-10-19/h1-5,7-8,19-20H,6,9-17H2,(H,22,24)/t19-/m1/s1. The Morgan fingerprint density at radius 2 is 1.88 bits per heavy atom. The number of likely N-dealkylation sites (tertiary alicyclic amines) is 1. The molecule has 2 aliphatic rings. The van der Waals surface area contributed by atoms with Gasteiger partial charge in [0.25, 0.3) is 0 Å². The van der Waals surface area contributed by atoms with Crippen molar-refractivity contribution in [2.45, 2.75) is 38.5 Å². The Hall–Kier alpha value is -1.61. The quantitative estimate of drug-likeness (QED) is 0.813. The molecule has 1 aromatic carbocycles. The van der Waals surface area contributed by atoms with Crippen LogP contribution in [0.25, 0.3) is 0 Å². The predicted octanol–water partition coefficient (Wildman–Crippen LogP) is 3.41. The molecular weight excluding hydrogens is 296 g/mol. The molecule has 0 aromatic heterocycles. The minimum atomic E-state index is 0.211. The molecule has 0 saturated carbocycles. The lowest BCUT2D eigenvalue weighted by Crippen LogP contribution is -2.42. The van der Waals surface area contributed by atoms with Crippen molar-refractivity contribution in [1.82, 2.24) is 10.2 Å². The summed E-state index contributed by atoms with van der Waals surface area (Å²) in [5.41, 5.74) is 1.29. The van der Waals surface area contributed by atoms with Crippen molar-refractivity contribution >= 4 is 5.91 Å². The number of carbonyl (C=O) groups is 1. The highest BCUT2D eigenvalue weighted by atomic mass is 16.1. The van der Waals surface area contributed by atoms with Crippen LogP contribution in [-0.4, -0.2) is 37.0 Å². The van der Waals surface area contributed by atoms with Crippen molar-refractivity contribution < 1.29 is 4.79 Å². The highest BCUT2D eigenvalue weighted by Crippen LogP contribution is 2.23. The molecule has 0 bridgehead atoms. The van der Waals surface area contributed by atoms with E-state index in [4.69, 9.17) is 0 Å². The number of carbonyl (C=O) groups excluding carboxylic acids is 1. The maximum atomic E-state index is 12.3. The summed E-state index contributed by atoms with van der Waals surface area (Å²) in [5.74, 6) is 1.29. The van der Waals surface area contributed by atoms with Crippen LogP contribution in [0.2, 0.25) is 0 Å². The molecule has 1 aromatic rings. The first-order valence-electron chi connectivity index (χ1n) is 9.50. The summed E-state index contributed by atoms with van der Waals surface area (Å²) in [6, 6.07) is 10.4. The van der Waals surface area contributed by atoms with Gasteiger partial charge in [0.15, 0.2) is 0 Å². The number of piperidine rings is 1. The third-order valence-electron chi connectivity index (χ3n) is 5.41. The van der Waals surface area contributed by atoms with E-state index >= 15 is 0 Å². The van der Waals surface area contributed by atoms with Gasteiger partial charge >= 0.3 is 0 Å². The molecule has 1 fully saturated rings. The lowest BCUT2D eigenvalue weighted by molar-refractivity contribution is -0.126. The average Bonchev–Trinajstić information content (AvgIpc) is 2.64. The first-order valence-corrected chi connectivity index (χ1v) is 9.50. The van der Waals surface area contributed by atoms with Gasteiger partial charge in [-0.25, -0.2) is 0 Å². The minimum Gasteiger partial charge on any atom is -0.356 e. The largest absolute Gasteiger partial charge is 0.356 e. The van der Waals surface area contributed by atoms with Crippen molar-refractivity contribution in [1.29, 1.82) is 0 Å². The van der Waals surface area contributed by atoms with Crippen LogP contribution in [0.5, 0.6) is 0 Å². The van der Waals surface area contributed by atoms with Gasteiger partial charge in [0.05, 0.1) is 0 Å². The minimum absolute atomic E-state index is 0.211. The summed E-state index contributed by atoms with van der Waals surface area (Å²) in [5, 5.41) is 3.13. The van der Waals surface area contributed by atoms with Crippen LogP contribution in [0.15, 0.2) is 42.5 Å². The van der Waals surface area contributed by atoms with E-state index in [0.29, 0.717) is 0 Å². The van der Waals surface area contributed by atoms with Gasteiger partial charge in [-0.2, -0.15) is 0 Å². The van der Waals surface area contributed by atoms with Crippen molar-refractivity contribution in [3.05, 3.63) is 48.0 Å². The van der Waals surface area contributed by atoms with Crippen LogP contribution in [0, 0.1) is 11.8 Å². The van der Waals surface area contributed by atoms with E-state index in [1.54, 1.807) is 0 Å². The summed E-state index contributed by atoms with van der Waals surface area (Å²) in [7, 11) is 0. The molecule has 0 spiro atoms. The number of allylic oxidation sites excluding steroid dienone is 2. The molecule has 1 aliphatic carbocycles. The Bertz CT molecular complexity index is 532. The molecule has 0 unspecified atom stereocenters. The predicted molar refractivity (Wildman–Crippen MR) is 98.8 cm³/mol. The van der Waals surface area contributed by atoms with Gasteiger partial charge < -0.3 is 10.2 Å². The highest BCUT2D eigenvalue weighted by molar-refractivity contribution is 5.78. The summed E-state index contributed by atoms with van der Waals surface area (Å²) < 4.78 is 0. The summed E-state index contributed by atoms with van der Waals surface area (Å²) in [6.07, 6.45) is 11.4. The fourth-order valence-corrected chi connectivity index (χ4v) is 3.88. The van der Waals surface area contributed by atoms with Gasteiger partial charge in [-0.1, -0.05) is 42.5 Å². The van der Waals surface area contributed by atoms with Gasteiger partial charge in [-0.05, 0) is 63.1 Å². The number of amides is 1. The molecule has 1 aliphatic heterocycles. The molecule has 1 heterocycles. The Labute approximate surface area is 146 Å². The van der Waals surface area contributed by atoms with E-state index in [1.807, 2.05) is 6.07 Å². The zero-order chi connectivity index (χ0) is 16.6. The molecule has 1 atom stereocenters. The zero-order valence-corrected chi connectivity index (χ0v) is 14.6. The van der Waals surface area contributed by atoms with E-state index in [-0.39, 0.29) is 11.8 Å². The van der Waals surface area contributed by atoms with Crippen LogP contribution in [0.1, 0.15) is 37.7 Å². The maximum Gasteiger partial charge on any atom is 0.223 e. The molecule has 0 radical (unpaired) electrons. The maximum absolute atomic E-state index is 12.3. The fraction of sp³-hybridized carbons (Fsp3) is 0.571. The second-order valence-corrected chi connectivity index (χ2v) is 7.25. The second kappa shape index (κ2) is 9.03. The number of hydrogen-bond acceptors (Lipinski definition) is 2. The van der Waals surface area contributed by atoms with Crippen molar-refractivity contribution in [2.75, 3.05) is 26.2 Å². The van der Waals surface area contributed by atoms with Crippen LogP contribution in [0.3, 0.4) is 0 Å². The van der Waals surface area contributed by atoms with Crippen LogP contribution < -0.4 is 5.32 Å². The Morgan fingerprint density at radius 3 is 2.58 bits per heavy atom. The molecule has 3 heteroatoms. The number of nitrogens with one attached hydrogen (secondary N) is 1. The van der Waals surface area contributed by atoms with E-state index < -0.39 is 0 Å². The first-order chi connectivity index (χ1) is 11.8. The van der Waals surface area contributed by atoms with Crippen LogP contribution >= 0.6 is 0 Å². The SMILES string of the molecule is O=C(NCCc1ccccc1)C1CCN(C[C@@H]2CC=CCC2)CC1.